The number of alkyl halides is 2. The van der Waals surface area contributed by atoms with E-state index in [1.165, 1.54) is 19.4 Å². The van der Waals surface area contributed by atoms with Crippen molar-refractivity contribution in [1.82, 2.24) is 9.97 Å². The van der Waals surface area contributed by atoms with Gasteiger partial charge in [-0.25, -0.2) is 8.78 Å². The quantitative estimate of drug-likeness (QED) is 0.528. The van der Waals surface area contributed by atoms with Crippen molar-refractivity contribution in [3.05, 3.63) is 60.0 Å². The van der Waals surface area contributed by atoms with Crippen LogP contribution < -0.4 is 13.3 Å². The molecule has 0 saturated heterocycles. The number of halogens is 2. The van der Waals surface area contributed by atoms with Crippen LogP contribution in [0, 0.1) is 28.6 Å². The van der Waals surface area contributed by atoms with Crippen LogP contribution in [-0.4, -0.2) is 37.9 Å². The summed E-state index contributed by atoms with van der Waals surface area (Å²) in [5.41, 5.74) is 2.00. The zero-order valence-corrected chi connectivity index (χ0v) is 19.0. The van der Waals surface area contributed by atoms with Crippen molar-refractivity contribution in [3.63, 3.8) is 0 Å². The van der Waals surface area contributed by atoms with E-state index in [1.54, 1.807) is 36.4 Å². The predicted molar refractivity (Wildman–Crippen MR) is 121 cm³/mol. The van der Waals surface area contributed by atoms with E-state index < -0.39 is 22.0 Å². The highest BCUT2D eigenvalue weighted by Gasteiger charge is 2.59. The second-order valence-electron chi connectivity index (χ2n) is 8.15. The lowest BCUT2D eigenvalue weighted by Gasteiger charge is -2.18. The van der Waals surface area contributed by atoms with E-state index in [0.717, 1.165) is 8.61 Å². The number of aromatic nitrogens is 2. The third-order valence-electron chi connectivity index (χ3n) is 5.92. The number of fused-ring (bicyclic) bond motifs is 1. The molecule has 176 valence electrons. The average Bonchev–Trinajstić information content (AvgIpc) is 3.41. The van der Waals surface area contributed by atoms with Crippen LogP contribution in [0.15, 0.2) is 48.8 Å². The Kier molecular flexibility index (Phi) is 5.07. The molecule has 1 unspecified atom stereocenters. The fraction of sp³-hybridized carbons (Fsp3) is 0.217. The molecule has 1 saturated carbocycles. The highest BCUT2D eigenvalue weighted by atomic mass is 32.2. The van der Waals surface area contributed by atoms with Crippen LogP contribution in [0.4, 0.5) is 20.2 Å². The van der Waals surface area contributed by atoms with Crippen molar-refractivity contribution in [2.24, 2.45) is 5.92 Å². The lowest BCUT2D eigenvalue weighted by molar-refractivity contribution is 0.101. The minimum absolute atomic E-state index is 0.0766. The van der Waals surface area contributed by atoms with Crippen LogP contribution in [0.2, 0.25) is 0 Å². The lowest BCUT2D eigenvalue weighted by Crippen LogP contribution is -2.37. The molecule has 1 aliphatic carbocycles. The van der Waals surface area contributed by atoms with Crippen molar-refractivity contribution in [3.8, 4) is 34.9 Å². The topological polar surface area (TPSA) is 123 Å². The molecule has 3 aromatic rings. The summed E-state index contributed by atoms with van der Waals surface area (Å²) in [5, 5.41) is 18.6. The van der Waals surface area contributed by atoms with E-state index in [1.807, 2.05) is 6.07 Å². The first-order valence-electron chi connectivity index (χ1n) is 10.4. The first kappa shape index (κ1) is 22.5. The number of nitrogens with zero attached hydrogens (tertiary/aromatic N) is 6. The SMILES string of the molecule is CN1c2cc(-c3cc(Oc4cncc(C#N)n4)ccc3C#N)ccc2N(CC2CC2(F)F)S1(=O)=O. The van der Waals surface area contributed by atoms with E-state index >= 15 is 0 Å². The number of ether oxygens (including phenoxy) is 1. The van der Waals surface area contributed by atoms with Crippen LogP contribution in [0.1, 0.15) is 17.7 Å². The smallest absolute Gasteiger partial charge is 0.326 e. The molecule has 1 atom stereocenters. The predicted octanol–water partition coefficient (Wildman–Crippen LogP) is 3.84. The second kappa shape index (κ2) is 7.89. The Morgan fingerprint density at radius 1 is 1.14 bits per heavy atom. The summed E-state index contributed by atoms with van der Waals surface area (Å²) in [5.74, 6) is -3.46. The molecule has 0 N–H and O–H groups in total. The van der Waals surface area contributed by atoms with Gasteiger partial charge in [0.25, 0.3) is 5.92 Å². The third kappa shape index (κ3) is 3.88. The van der Waals surface area contributed by atoms with Gasteiger partial charge in [-0.1, -0.05) is 6.07 Å². The highest BCUT2D eigenvalue weighted by molar-refractivity contribution is 7.94. The van der Waals surface area contributed by atoms with Crippen LogP contribution in [0.5, 0.6) is 11.6 Å². The normalized spacial score (nSPS) is 18.9. The second-order valence-corrected chi connectivity index (χ2v) is 10.0. The van der Waals surface area contributed by atoms with E-state index in [9.17, 15) is 22.5 Å². The summed E-state index contributed by atoms with van der Waals surface area (Å²) in [6, 6.07) is 13.4. The van der Waals surface area contributed by atoms with E-state index in [-0.39, 0.29) is 24.5 Å². The van der Waals surface area contributed by atoms with Crippen LogP contribution in [0.25, 0.3) is 11.1 Å². The fourth-order valence-corrected chi connectivity index (χ4v) is 5.37. The standard InChI is InChI=1S/C23H16F2N6O3S/c1-30-21-6-14(3-5-20(21)31(35(30,32)33)13-16-8-23(16,24)25)19-7-18(4-2-15(19)9-26)34-22-12-28-11-17(10-27)29-22/h2-7,11-12,16H,8,13H2,1H3. The molecule has 1 fully saturated rings. The van der Waals surface area contributed by atoms with Gasteiger partial charge < -0.3 is 4.74 Å². The first-order valence-corrected chi connectivity index (χ1v) is 11.8. The van der Waals surface area contributed by atoms with Gasteiger partial charge in [-0.15, -0.1) is 0 Å². The van der Waals surface area contributed by atoms with Gasteiger partial charge in [0.15, 0.2) is 5.69 Å². The maximum atomic E-state index is 13.5. The number of benzene rings is 2. The Morgan fingerprint density at radius 3 is 2.60 bits per heavy atom. The molecule has 2 heterocycles. The molecular formula is C23H16F2N6O3S. The summed E-state index contributed by atoms with van der Waals surface area (Å²) < 4.78 is 60.5. The Bertz CT molecular complexity index is 1550. The number of hydrogen-bond donors (Lipinski definition) is 0. The zero-order chi connectivity index (χ0) is 25.0. The summed E-state index contributed by atoms with van der Waals surface area (Å²) in [7, 11) is -2.64. The van der Waals surface area contributed by atoms with Crippen molar-refractivity contribution in [2.75, 3.05) is 22.2 Å². The van der Waals surface area contributed by atoms with Crippen molar-refractivity contribution < 1.29 is 21.9 Å². The molecule has 2 aromatic carbocycles. The molecular weight excluding hydrogens is 478 g/mol. The number of anilines is 2. The van der Waals surface area contributed by atoms with Gasteiger partial charge in [-0.2, -0.15) is 23.9 Å². The Labute approximate surface area is 199 Å². The minimum atomic E-state index is -4.00. The largest absolute Gasteiger partial charge is 0.437 e. The van der Waals surface area contributed by atoms with Gasteiger partial charge in [0.2, 0.25) is 5.88 Å². The van der Waals surface area contributed by atoms with Crippen LogP contribution >= 0.6 is 0 Å². The summed E-state index contributed by atoms with van der Waals surface area (Å²) in [4.78, 5) is 7.90. The Hall–Kier alpha value is -4.29. The molecule has 0 radical (unpaired) electrons. The van der Waals surface area contributed by atoms with Crippen LogP contribution in [0.3, 0.4) is 0 Å². The number of hydrogen-bond acceptors (Lipinski definition) is 7. The average molecular weight is 494 g/mol. The number of nitriles is 2. The summed E-state index contributed by atoms with van der Waals surface area (Å²) in [6.45, 7) is -0.304. The van der Waals surface area contributed by atoms with Gasteiger partial charge in [0.1, 0.15) is 11.8 Å². The molecule has 1 aromatic heterocycles. The van der Waals surface area contributed by atoms with Gasteiger partial charge in [0, 0.05) is 31.5 Å². The molecule has 0 spiro atoms. The zero-order valence-electron chi connectivity index (χ0n) is 18.2. The molecule has 2 aliphatic rings. The highest BCUT2D eigenvalue weighted by Crippen LogP contribution is 2.52. The Balaban J connectivity index is 1.51. The first-order chi connectivity index (χ1) is 16.6. The molecule has 0 amide bonds. The van der Waals surface area contributed by atoms with Crippen molar-refractivity contribution >= 4 is 21.6 Å². The molecule has 0 bridgehead atoms. The maximum absolute atomic E-state index is 13.5. The molecule has 12 heteroatoms. The van der Waals surface area contributed by atoms with E-state index in [0.29, 0.717) is 33.8 Å². The number of rotatable bonds is 5. The lowest BCUT2D eigenvalue weighted by atomic mass is 9.99. The molecule has 9 nitrogen and oxygen atoms in total. The van der Waals surface area contributed by atoms with Gasteiger partial charge in [0.05, 0.1) is 35.4 Å². The fourth-order valence-electron chi connectivity index (χ4n) is 3.91. The van der Waals surface area contributed by atoms with Gasteiger partial charge in [-0.05, 0) is 35.9 Å². The Morgan fingerprint density at radius 2 is 1.91 bits per heavy atom. The van der Waals surface area contributed by atoms with Crippen molar-refractivity contribution in [2.45, 2.75) is 12.3 Å². The van der Waals surface area contributed by atoms with Crippen LogP contribution in [-0.2, 0) is 10.2 Å². The molecule has 5 rings (SSSR count). The van der Waals surface area contributed by atoms with E-state index in [4.69, 9.17) is 10.00 Å². The maximum Gasteiger partial charge on any atom is 0.326 e. The van der Waals surface area contributed by atoms with E-state index in [2.05, 4.69) is 16.0 Å². The monoisotopic (exact) mass is 494 g/mol. The van der Waals surface area contributed by atoms with Gasteiger partial charge in [-0.3, -0.25) is 13.6 Å². The molecule has 1 aliphatic heterocycles. The third-order valence-corrected chi connectivity index (χ3v) is 7.71. The van der Waals surface area contributed by atoms with Crippen molar-refractivity contribution in [1.29, 1.82) is 10.5 Å². The summed E-state index contributed by atoms with van der Waals surface area (Å²) >= 11 is 0. The minimum Gasteiger partial charge on any atom is -0.437 e. The summed E-state index contributed by atoms with van der Waals surface area (Å²) in [6.07, 6.45) is 2.29. The van der Waals surface area contributed by atoms with Gasteiger partial charge >= 0.3 is 10.2 Å². The molecule has 35 heavy (non-hydrogen) atoms.